The Kier molecular flexibility index (Phi) is 5.61. The quantitative estimate of drug-likeness (QED) is 0.666. The summed E-state index contributed by atoms with van der Waals surface area (Å²) in [5.41, 5.74) is 2.43. The van der Waals surface area contributed by atoms with Crippen LogP contribution in [0.5, 0.6) is 0 Å². The fourth-order valence-electron chi connectivity index (χ4n) is 1.46. The van der Waals surface area contributed by atoms with Crippen LogP contribution in [0, 0.1) is 0 Å². The molecule has 1 aromatic heterocycles. The Morgan fingerprint density at radius 1 is 1.13 bits per heavy atom. The van der Waals surface area contributed by atoms with Crippen LogP contribution in [0.3, 0.4) is 0 Å². The van der Waals surface area contributed by atoms with Crippen LogP contribution in [0.15, 0.2) is 36.5 Å². The van der Waals surface area contributed by atoms with Gasteiger partial charge in [-0.3, -0.25) is 0 Å². The molecule has 0 bridgehead atoms. The van der Waals surface area contributed by atoms with E-state index in [1.807, 2.05) is 6.07 Å². The molecule has 0 spiro atoms. The molecule has 0 saturated carbocycles. The molecule has 2 rings (SSSR count). The van der Waals surface area contributed by atoms with Crippen molar-refractivity contribution in [1.82, 2.24) is 15.4 Å². The second-order valence-corrected chi connectivity index (χ2v) is 3.30. The van der Waals surface area contributed by atoms with Crippen molar-refractivity contribution in [3.8, 4) is 0 Å². The normalized spacial score (nSPS) is 9.60. The number of aromatic nitrogens is 3. The van der Waals surface area contributed by atoms with Crippen molar-refractivity contribution < 1.29 is 31.0 Å². The van der Waals surface area contributed by atoms with Crippen molar-refractivity contribution in [2.75, 3.05) is 0 Å². The van der Waals surface area contributed by atoms with E-state index < -0.39 is 0 Å². The van der Waals surface area contributed by atoms with E-state index in [2.05, 4.69) is 39.7 Å². The maximum Gasteiger partial charge on any atom is 1.00 e. The molecule has 1 N–H and O–H groups in total. The standard InChI is InChI=1S/C11H13N3.Na.H/c1-2-5-10(6-3-1)7-4-8-11-9-12-14-13-11;;/h1-3,5-6,9H,4,7-8H2,(H,12,13,14);;/q;+1;-1. The Balaban J connectivity index is 0.00000112. The minimum absolute atomic E-state index is 0. The van der Waals surface area contributed by atoms with Crippen molar-refractivity contribution in [2.24, 2.45) is 0 Å². The van der Waals surface area contributed by atoms with Crippen molar-refractivity contribution in [2.45, 2.75) is 19.3 Å². The first kappa shape index (κ1) is 12.4. The summed E-state index contributed by atoms with van der Waals surface area (Å²) in [7, 11) is 0. The third-order valence-corrected chi connectivity index (χ3v) is 2.21. The molecule has 0 radical (unpaired) electrons. The molecule has 0 atom stereocenters. The molecular formula is C11H14N3Na. The van der Waals surface area contributed by atoms with E-state index in [0.29, 0.717) is 0 Å². The van der Waals surface area contributed by atoms with Gasteiger partial charge in [-0.1, -0.05) is 30.3 Å². The van der Waals surface area contributed by atoms with Gasteiger partial charge in [0, 0.05) is 0 Å². The van der Waals surface area contributed by atoms with Crippen molar-refractivity contribution in [3.63, 3.8) is 0 Å². The largest absolute Gasteiger partial charge is 1.00 e. The zero-order chi connectivity index (χ0) is 9.64. The minimum Gasteiger partial charge on any atom is -1.00 e. The Hall–Kier alpha value is -0.640. The maximum absolute atomic E-state index is 4.01. The third-order valence-electron chi connectivity index (χ3n) is 2.21. The van der Waals surface area contributed by atoms with Crippen LogP contribution in [-0.2, 0) is 12.8 Å². The number of aryl methyl sites for hydroxylation is 2. The third kappa shape index (κ3) is 4.16. The van der Waals surface area contributed by atoms with Gasteiger partial charge in [-0.25, -0.2) is 0 Å². The molecular weight excluding hydrogens is 197 g/mol. The fraction of sp³-hybridized carbons (Fsp3) is 0.273. The van der Waals surface area contributed by atoms with Gasteiger partial charge in [0.25, 0.3) is 0 Å². The van der Waals surface area contributed by atoms with Crippen LogP contribution in [0.25, 0.3) is 0 Å². The number of rotatable bonds is 4. The van der Waals surface area contributed by atoms with Gasteiger partial charge in [0.2, 0.25) is 0 Å². The molecule has 15 heavy (non-hydrogen) atoms. The van der Waals surface area contributed by atoms with Gasteiger partial charge in [0.05, 0.1) is 11.9 Å². The average Bonchev–Trinajstić information content (AvgIpc) is 2.72. The summed E-state index contributed by atoms with van der Waals surface area (Å²) in [5.74, 6) is 0. The van der Waals surface area contributed by atoms with Gasteiger partial charge < -0.3 is 1.43 Å². The predicted octanol–water partition coefficient (Wildman–Crippen LogP) is -0.903. The smallest absolute Gasteiger partial charge is 1.00 e. The van der Waals surface area contributed by atoms with Crippen molar-refractivity contribution in [3.05, 3.63) is 47.8 Å². The van der Waals surface area contributed by atoms with Crippen molar-refractivity contribution in [1.29, 1.82) is 0 Å². The molecule has 2 aromatic rings. The first-order valence-corrected chi connectivity index (χ1v) is 4.84. The average molecular weight is 211 g/mol. The molecule has 3 nitrogen and oxygen atoms in total. The monoisotopic (exact) mass is 211 g/mol. The molecule has 0 fully saturated rings. The first-order valence-electron chi connectivity index (χ1n) is 4.84. The van der Waals surface area contributed by atoms with E-state index in [9.17, 15) is 0 Å². The van der Waals surface area contributed by atoms with Gasteiger partial charge in [-0.15, -0.1) is 0 Å². The Bertz CT molecular complexity index is 364. The number of H-pyrrole nitrogens is 1. The summed E-state index contributed by atoms with van der Waals surface area (Å²) >= 11 is 0. The zero-order valence-corrected chi connectivity index (χ0v) is 11.0. The van der Waals surface area contributed by atoms with E-state index in [1.165, 1.54) is 5.56 Å². The minimum atomic E-state index is 0. The topological polar surface area (TPSA) is 41.6 Å². The van der Waals surface area contributed by atoms with Gasteiger partial charge in [-0.05, 0) is 24.8 Å². The summed E-state index contributed by atoms with van der Waals surface area (Å²) < 4.78 is 0. The number of benzene rings is 1. The summed E-state index contributed by atoms with van der Waals surface area (Å²) in [6, 6.07) is 10.5. The van der Waals surface area contributed by atoms with Crippen LogP contribution in [0.4, 0.5) is 0 Å². The van der Waals surface area contributed by atoms with Crippen LogP contribution in [0.1, 0.15) is 19.1 Å². The van der Waals surface area contributed by atoms with Gasteiger partial charge in [0.15, 0.2) is 0 Å². The molecule has 4 heteroatoms. The number of nitrogens with zero attached hydrogens (tertiary/aromatic N) is 2. The Labute approximate surface area is 113 Å². The SMILES string of the molecule is [H-].[Na+].c1ccc(CCCc2cn[nH]n2)cc1. The fourth-order valence-corrected chi connectivity index (χ4v) is 1.46. The number of hydrogen-bond acceptors (Lipinski definition) is 2. The van der Waals surface area contributed by atoms with E-state index in [4.69, 9.17) is 0 Å². The number of aromatic amines is 1. The second kappa shape index (κ2) is 6.77. The molecule has 1 aromatic carbocycles. The first-order chi connectivity index (χ1) is 6.95. The van der Waals surface area contributed by atoms with Crippen LogP contribution < -0.4 is 29.6 Å². The van der Waals surface area contributed by atoms with Crippen LogP contribution in [-0.4, -0.2) is 15.4 Å². The summed E-state index contributed by atoms with van der Waals surface area (Å²) in [4.78, 5) is 0. The van der Waals surface area contributed by atoms with Crippen LogP contribution >= 0.6 is 0 Å². The molecule has 0 saturated heterocycles. The molecule has 0 aliphatic carbocycles. The Morgan fingerprint density at radius 3 is 2.60 bits per heavy atom. The molecule has 0 unspecified atom stereocenters. The summed E-state index contributed by atoms with van der Waals surface area (Å²) in [5, 5.41) is 10.4. The van der Waals surface area contributed by atoms with E-state index >= 15 is 0 Å². The Morgan fingerprint density at radius 2 is 1.93 bits per heavy atom. The molecule has 1 heterocycles. The number of nitrogens with one attached hydrogen (secondary N) is 1. The molecule has 0 aliphatic rings. The summed E-state index contributed by atoms with van der Waals surface area (Å²) in [6.45, 7) is 0. The zero-order valence-electron chi connectivity index (χ0n) is 9.98. The van der Waals surface area contributed by atoms with Gasteiger partial charge in [-0.2, -0.15) is 15.4 Å². The molecule has 0 aliphatic heterocycles. The summed E-state index contributed by atoms with van der Waals surface area (Å²) in [6.07, 6.45) is 5.00. The molecule has 0 amide bonds. The van der Waals surface area contributed by atoms with E-state index in [1.54, 1.807) is 6.20 Å². The predicted molar refractivity (Wildman–Crippen MR) is 56.0 cm³/mol. The van der Waals surface area contributed by atoms with E-state index in [0.717, 1.165) is 25.0 Å². The van der Waals surface area contributed by atoms with Gasteiger partial charge in [0.1, 0.15) is 0 Å². The molecule has 74 valence electrons. The second-order valence-electron chi connectivity index (χ2n) is 3.30. The maximum atomic E-state index is 4.01. The number of hydrogen-bond donors (Lipinski definition) is 1. The van der Waals surface area contributed by atoms with Gasteiger partial charge >= 0.3 is 29.6 Å². The van der Waals surface area contributed by atoms with Crippen molar-refractivity contribution >= 4 is 0 Å². The van der Waals surface area contributed by atoms with E-state index in [-0.39, 0.29) is 31.0 Å². The van der Waals surface area contributed by atoms with Crippen LogP contribution in [0.2, 0.25) is 0 Å².